The molecule has 1 aromatic heterocycles. The quantitative estimate of drug-likeness (QED) is 0.154. The highest BCUT2D eigenvalue weighted by molar-refractivity contribution is 7.90. The van der Waals surface area contributed by atoms with Crippen molar-refractivity contribution in [1.29, 1.82) is 0 Å². The van der Waals surface area contributed by atoms with Gasteiger partial charge in [-0.1, -0.05) is 61.5 Å². The molecule has 5 atom stereocenters. The van der Waals surface area contributed by atoms with E-state index in [2.05, 4.69) is 21.9 Å². The third-order valence-electron chi connectivity index (χ3n) is 9.92. The van der Waals surface area contributed by atoms with E-state index in [0.717, 1.165) is 5.56 Å². The summed E-state index contributed by atoms with van der Waals surface area (Å²) < 4.78 is 45.9. The molecule has 2 aliphatic rings. The number of fused-ring (bicyclic) bond motifs is 1. The van der Waals surface area contributed by atoms with Crippen LogP contribution in [-0.4, -0.2) is 85.1 Å². The van der Waals surface area contributed by atoms with Crippen LogP contribution in [0.3, 0.4) is 0 Å². The number of carbonyl (C=O) groups excluding carboxylic acids is 4. The van der Waals surface area contributed by atoms with Crippen molar-refractivity contribution in [1.82, 2.24) is 25.2 Å². The molecule has 0 bridgehead atoms. The Balaban J connectivity index is 1.32. The van der Waals surface area contributed by atoms with Gasteiger partial charge in [-0.15, -0.1) is 6.58 Å². The van der Waals surface area contributed by atoms with E-state index in [1.807, 2.05) is 36.4 Å². The molecule has 15 heteroatoms. The molecule has 0 unspecified atom stereocenters. The number of ether oxygens (including phenoxy) is 3. The summed E-state index contributed by atoms with van der Waals surface area (Å²) in [6.45, 7) is 10.5. The molecular formula is C42H47N5O9S. The van der Waals surface area contributed by atoms with Crippen LogP contribution < -0.4 is 24.8 Å². The van der Waals surface area contributed by atoms with E-state index in [1.54, 1.807) is 59.1 Å². The van der Waals surface area contributed by atoms with Crippen molar-refractivity contribution in [3.8, 4) is 22.8 Å². The lowest BCUT2D eigenvalue weighted by molar-refractivity contribution is -0.141. The molecule has 1 saturated heterocycles. The number of pyridine rings is 1. The monoisotopic (exact) mass is 797 g/mol. The van der Waals surface area contributed by atoms with Crippen LogP contribution >= 0.6 is 0 Å². The van der Waals surface area contributed by atoms with Gasteiger partial charge >= 0.3 is 6.09 Å². The highest BCUT2D eigenvalue weighted by Gasteiger charge is 2.61. The number of hydrogen-bond acceptors (Lipinski definition) is 10. The maximum atomic E-state index is 14.4. The van der Waals surface area contributed by atoms with Gasteiger partial charge in [-0.25, -0.2) is 22.9 Å². The molecule has 4 aromatic rings. The molecule has 300 valence electrons. The zero-order valence-electron chi connectivity index (χ0n) is 32.5. The largest absolute Gasteiger partial charge is 0.497 e. The summed E-state index contributed by atoms with van der Waals surface area (Å²) in [6, 6.07) is 21.9. The van der Waals surface area contributed by atoms with Gasteiger partial charge in [0, 0.05) is 35.4 Å². The van der Waals surface area contributed by atoms with Crippen molar-refractivity contribution in [2.24, 2.45) is 5.92 Å². The summed E-state index contributed by atoms with van der Waals surface area (Å²) in [4.78, 5) is 61.3. The van der Waals surface area contributed by atoms with Gasteiger partial charge < -0.3 is 29.7 Å². The number of nitrogens with zero attached hydrogens (tertiary/aromatic N) is 2. The number of benzene rings is 3. The molecule has 1 aliphatic carbocycles. The Labute approximate surface area is 332 Å². The number of hydrogen-bond donors (Lipinski definition) is 3. The Morgan fingerprint density at radius 3 is 2.32 bits per heavy atom. The minimum atomic E-state index is -4.28. The smallest absolute Gasteiger partial charge is 0.408 e. The molecule has 2 heterocycles. The van der Waals surface area contributed by atoms with Crippen LogP contribution in [-0.2, 0) is 29.1 Å². The number of alkyl carbamates (subject to hydrolysis) is 1. The van der Waals surface area contributed by atoms with Crippen molar-refractivity contribution < 1.29 is 41.8 Å². The molecule has 2 fully saturated rings. The molecule has 0 radical (unpaired) electrons. The number of carbonyl (C=O) groups is 4. The number of nitrogens with one attached hydrogen (secondary N) is 3. The summed E-state index contributed by atoms with van der Waals surface area (Å²) in [5, 5.41) is 6.08. The van der Waals surface area contributed by atoms with Crippen molar-refractivity contribution >= 4 is 44.7 Å². The Bertz CT molecular complexity index is 2280. The summed E-state index contributed by atoms with van der Waals surface area (Å²) in [6.07, 6.45) is 0.200. The van der Waals surface area contributed by atoms with Gasteiger partial charge in [0.15, 0.2) is 0 Å². The molecule has 1 aliphatic heterocycles. The number of methoxy groups -OCH3 is 1. The average molecular weight is 798 g/mol. The molecule has 3 N–H and O–H groups in total. The molecule has 14 nitrogen and oxygen atoms in total. The second-order valence-electron chi connectivity index (χ2n) is 15.1. The average Bonchev–Trinajstić information content (AvgIpc) is 3.75. The standard InChI is InChI=1S/C42H47N5O9S/c1-7-27-24-42(27,39(50)46-57(52,53)30-17-13-10-14-18-30)45-37(48)35-22-29(25-47(35)38(49)32(8-2)44-40(51)56-41(3,4)5)55-36-23-33(26-15-11-9-12-16-26)43-34-21-28(54-6)19-20-31(34)36/h7,9-21,23,27,29,32,35H,1,8,22,24-25H2,2-6H3,(H,44,51)(H,45,48)(H,46,50)/t27-,29-,32+,35+,42-/m1/s1. The minimum absolute atomic E-state index is 0.000144. The van der Waals surface area contributed by atoms with Crippen LogP contribution in [0.5, 0.6) is 11.5 Å². The lowest BCUT2D eigenvalue weighted by atomic mass is 10.1. The number of likely N-dealkylation sites (tertiary alicyclic amines) is 1. The normalized spacial score (nSPS) is 20.9. The summed E-state index contributed by atoms with van der Waals surface area (Å²) in [5.41, 5.74) is -0.405. The van der Waals surface area contributed by atoms with Gasteiger partial charge in [0.25, 0.3) is 15.9 Å². The predicted octanol–water partition coefficient (Wildman–Crippen LogP) is 5.13. The summed E-state index contributed by atoms with van der Waals surface area (Å²) >= 11 is 0. The molecule has 3 aromatic carbocycles. The molecule has 57 heavy (non-hydrogen) atoms. The number of aromatic nitrogens is 1. The molecular weight excluding hydrogens is 751 g/mol. The second-order valence-corrected chi connectivity index (χ2v) is 16.8. The van der Waals surface area contributed by atoms with Crippen molar-refractivity contribution in [2.45, 2.75) is 81.2 Å². The Morgan fingerprint density at radius 1 is 1.02 bits per heavy atom. The van der Waals surface area contributed by atoms with E-state index in [9.17, 15) is 27.6 Å². The Kier molecular flexibility index (Phi) is 11.6. The molecule has 4 amide bonds. The van der Waals surface area contributed by atoms with Crippen LogP contribution in [0.1, 0.15) is 47.0 Å². The first-order valence-corrected chi connectivity index (χ1v) is 20.1. The first kappa shape index (κ1) is 40.7. The van der Waals surface area contributed by atoms with E-state index in [4.69, 9.17) is 19.2 Å². The maximum absolute atomic E-state index is 14.4. The lowest BCUT2D eigenvalue weighted by Gasteiger charge is -2.30. The Hall–Kier alpha value is -5.96. The van der Waals surface area contributed by atoms with Gasteiger partial charge in [0.1, 0.15) is 40.8 Å². The molecule has 1 saturated carbocycles. The zero-order chi connectivity index (χ0) is 41.1. The fourth-order valence-corrected chi connectivity index (χ4v) is 7.97. The molecule has 6 rings (SSSR count). The van der Waals surface area contributed by atoms with Crippen LogP contribution in [0.15, 0.2) is 102 Å². The van der Waals surface area contributed by atoms with Gasteiger partial charge in [0.2, 0.25) is 11.8 Å². The van der Waals surface area contributed by atoms with Gasteiger partial charge in [-0.2, -0.15) is 0 Å². The van der Waals surface area contributed by atoms with E-state index in [-0.39, 0.29) is 30.7 Å². The first-order chi connectivity index (χ1) is 27.1. The van der Waals surface area contributed by atoms with Gasteiger partial charge in [0.05, 0.1) is 29.8 Å². The maximum Gasteiger partial charge on any atom is 0.408 e. The summed E-state index contributed by atoms with van der Waals surface area (Å²) in [5.74, 6) is -1.74. The van der Waals surface area contributed by atoms with Crippen molar-refractivity contribution in [3.63, 3.8) is 0 Å². The minimum Gasteiger partial charge on any atom is -0.497 e. The fraction of sp³-hybridized carbons (Fsp3) is 0.357. The highest BCUT2D eigenvalue weighted by atomic mass is 32.2. The number of sulfonamides is 1. The number of amides is 4. The summed E-state index contributed by atoms with van der Waals surface area (Å²) in [7, 11) is -2.72. The predicted molar refractivity (Wildman–Crippen MR) is 213 cm³/mol. The lowest BCUT2D eigenvalue weighted by Crippen LogP contribution is -2.58. The van der Waals surface area contributed by atoms with Crippen molar-refractivity contribution in [3.05, 3.63) is 97.6 Å². The van der Waals surface area contributed by atoms with E-state index < -0.39 is 69.1 Å². The van der Waals surface area contributed by atoms with Crippen LogP contribution in [0, 0.1) is 5.92 Å². The van der Waals surface area contributed by atoms with E-state index >= 15 is 0 Å². The van der Waals surface area contributed by atoms with Gasteiger partial charge in [-0.3, -0.25) is 14.4 Å². The van der Waals surface area contributed by atoms with Crippen molar-refractivity contribution in [2.75, 3.05) is 13.7 Å². The SMILES string of the molecule is C=C[C@@H]1C[C@]1(NC(=O)[C@@H]1C[C@@H](Oc2cc(-c3ccccc3)nc3cc(OC)ccc23)CN1C(=O)[C@H](CC)NC(=O)OC(C)(C)C)C(=O)NS(=O)(=O)c1ccccc1. The highest BCUT2D eigenvalue weighted by Crippen LogP contribution is 2.45. The number of rotatable bonds is 13. The van der Waals surface area contributed by atoms with Crippen LogP contribution in [0.4, 0.5) is 4.79 Å². The van der Waals surface area contributed by atoms with E-state index in [1.165, 1.54) is 35.2 Å². The Morgan fingerprint density at radius 2 is 1.70 bits per heavy atom. The third-order valence-corrected chi connectivity index (χ3v) is 11.3. The van der Waals surface area contributed by atoms with Gasteiger partial charge in [-0.05, 0) is 57.9 Å². The van der Waals surface area contributed by atoms with Crippen LogP contribution in [0.25, 0.3) is 22.2 Å². The third kappa shape index (κ3) is 9.04. The first-order valence-electron chi connectivity index (χ1n) is 18.6. The zero-order valence-corrected chi connectivity index (χ0v) is 33.3. The fourth-order valence-electron chi connectivity index (χ4n) is 6.91. The molecule has 0 spiro atoms. The second kappa shape index (κ2) is 16.3. The van der Waals surface area contributed by atoms with Crippen LogP contribution in [0.2, 0.25) is 0 Å². The van der Waals surface area contributed by atoms with E-state index in [0.29, 0.717) is 28.1 Å². The topological polar surface area (TPSA) is 182 Å².